The Kier molecular flexibility index (Phi) is 5.54. The van der Waals surface area contributed by atoms with E-state index in [0.29, 0.717) is 11.3 Å². The van der Waals surface area contributed by atoms with Crippen LogP contribution in [0.3, 0.4) is 0 Å². The van der Waals surface area contributed by atoms with Gasteiger partial charge in [-0.05, 0) is 37.1 Å². The Labute approximate surface area is 172 Å². The molecule has 1 saturated carbocycles. The van der Waals surface area contributed by atoms with Crippen molar-refractivity contribution in [3.05, 3.63) is 41.5 Å². The van der Waals surface area contributed by atoms with Gasteiger partial charge in [-0.15, -0.1) is 10.2 Å². The highest BCUT2D eigenvalue weighted by Crippen LogP contribution is 2.42. The monoisotopic (exact) mass is 444 g/mol. The van der Waals surface area contributed by atoms with Gasteiger partial charge in [-0.1, -0.05) is 0 Å². The van der Waals surface area contributed by atoms with E-state index in [4.69, 9.17) is 9.15 Å². The Morgan fingerprint density at radius 1 is 1.16 bits per heavy atom. The third-order valence-electron chi connectivity index (χ3n) is 4.73. The summed E-state index contributed by atoms with van der Waals surface area (Å²) in [5, 5.41) is 11.5. The fourth-order valence-corrected chi connectivity index (χ4v) is 3.12. The Balaban J connectivity index is 1.48. The van der Waals surface area contributed by atoms with E-state index in [9.17, 15) is 22.0 Å². The largest absolute Gasteiger partial charge is 0.493 e. The van der Waals surface area contributed by atoms with Crippen LogP contribution >= 0.6 is 0 Å². The molecule has 2 heterocycles. The van der Waals surface area contributed by atoms with E-state index in [2.05, 4.69) is 20.0 Å². The van der Waals surface area contributed by atoms with Gasteiger partial charge in [-0.3, -0.25) is 4.68 Å². The lowest BCUT2D eigenvalue weighted by molar-refractivity contribution is -0.141. The normalized spacial score (nSPS) is 14.3. The predicted molar refractivity (Wildman–Crippen MR) is 95.8 cm³/mol. The van der Waals surface area contributed by atoms with Crippen LogP contribution in [0.1, 0.15) is 36.0 Å². The number of halogens is 5. The van der Waals surface area contributed by atoms with E-state index in [1.807, 2.05) is 0 Å². The van der Waals surface area contributed by atoms with Gasteiger partial charge in [0, 0.05) is 30.1 Å². The van der Waals surface area contributed by atoms with Crippen molar-refractivity contribution in [2.45, 2.75) is 44.5 Å². The third-order valence-corrected chi connectivity index (χ3v) is 4.73. The molecule has 4 rings (SSSR count). The molecule has 12 heteroatoms. The summed E-state index contributed by atoms with van der Waals surface area (Å²) in [6.45, 7) is -2.86. The van der Waals surface area contributed by atoms with Crippen LogP contribution in [0.5, 0.6) is 11.5 Å². The molecular formula is C19H17F5N4O3. The Hall–Kier alpha value is -3.18. The molecule has 166 valence electrons. The zero-order valence-electron chi connectivity index (χ0n) is 16.2. The van der Waals surface area contributed by atoms with Crippen LogP contribution in [0.2, 0.25) is 0 Å². The summed E-state index contributed by atoms with van der Waals surface area (Å²) in [5.41, 5.74) is 0.0413. The van der Waals surface area contributed by atoms with Crippen molar-refractivity contribution in [1.82, 2.24) is 20.0 Å². The predicted octanol–water partition coefficient (Wildman–Crippen LogP) is 4.68. The van der Waals surface area contributed by atoms with Crippen molar-refractivity contribution in [3.8, 4) is 23.0 Å². The van der Waals surface area contributed by atoms with Crippen molar-refractivity contribution in [2.24, 2.45) is 0 Å². The molecule has 0 atom stereocenters. The molecule has 0 saturated heterocycles. The molecule has 0 radical (unpaired) electrons. The second-order valence-corrected chi connectivity index (χ2v) is 6.94. The van der Waals surface area contributed by atoms with Crippen molar-refractivity contribution in [3.63, 3.8) is 0 Å². The number of aryl methyl sites for hydroxylation is 2. The van der Waals surface area contributed by atoms with Gasteiger partial charge in [0.2, 0.25) is 11.8 Å². The summed E-state index contributed by atoms with van der Waals surface area (Å²) in [6.07, 6.45) is -2.66. The molecule has 1 fully saturated rings. The summed E-state index contributed by atoms with van der Waals surface area (Å²) in [6, 6.07) is 5.23. The minimum atomic E-state index is -4.51. The number of nitrogens with zero attached hydrogens (tertiary/aromatic N) is 4. The fourth-order valence-electron chi connectivity index (χ4n) is 3.12. The molecule has 0 bridgehead atoms. The molecule has 0 amide bonds. The molecule has 1 aromatic carbocycles. The molecule has 2 aromatic heterocycles. The number of benzene rings is 1. The minimum Gasteiger partial charge on any atom is -0.493 e. The van der Waals surface area contributed by atoms with Gasteiger partial charge in [0.05, 0.1) is 7.11 Å². The second kappa shape index (κ2) is 8.16. The van der Waals surface area contributed by atoms with E-state index in [1.165, 1.54) is 30.0 Å². The highest BCUT2D eigenvalue weighted by molar-refractivity contribution is 5.59. The van der Waals surface area contributed by atoms with E-state index in [1.54, 1.807) is 0 Å². The van der Waals surface area contributed by atoms with Crippen LogP contribution in [0.25, 0.3) is 11.5 Å². The average molecular weight is 444 g/mol. The lowest BCUT2D eigenvalue weighted by atomic mass is 10.2. The van der Waals surface area contributed by atoms with Gasteiger partial charge in [0.25, 0.3) is 0 Å². The highest BCUT2D eigenvalue weighted by Gasteiger charge is 2.37. The van der Waals surface area contributed by atoms with Gasteiger partial charge in [-0.2, -0.15) is 27.1 Å². The number of hydrogen-bond donors (Lipinski definition) is 0. The minimum absolute atomic E-state index is 0.0582. The van der Waals surface area contributed by atoms with E-state index in [0.717, 1.165) is 18.9 Å². The Morgan fingerprint density at radius 3 is 2.58 bits per heavy atom. The number of rotatable bonds is 8. The van der Waals surface area contributed by atoms with E-state index < -0.39 is 18.5 Å². The van der Waals surface area contributed by atoms with Crippen molar-refractivity contribution < 1.29 is 35.8 Å². The van der Waals surface area contributed by atoms with Crippen molar-refractivity contribution in [2.75, 3.05) is 7.11 Å². The maximum Gasteiger partial charge on any atom is 0.435 e. The first-order valence-electron chi connectivity index (χ1n) is 9.35. The summed E-state index contributed by atoms with van der Waals surface area (Å²) >= 11 is 0. The SMILES string of the molecule is COc1cc(-c2nnc(CCn3nc(C(F)(F)F)cc3C3CC3)o2)ccc1OC(F)F. The smallest absolute Gasteiger partial charge is 0.435 e. The number of hydrogen-bond acceptors (Lipinski definition) is 6. The maximum absolute atomic E-state index is 13.0. The first-order chi connectivity index (χ1) is 14.7. The van der Waals surface area contributed by atoms with Crippen LogP contribution in [-0.2, 0) is 19.1 Å². The Bertz CT molecular complexity index is 1060. The van der Waals surface area contributed by atoms with Crippen molar-refractivity contribution >= 4 is 0 Å². The quantitative estimate of drug-likeness (QED) is 0.470. The topological polar surface area (TPSA) is 75.2 Å². The standard InChI is InChI=1S/C19H17F5N4O3/c1-29-14-8-11(4-5-13(14)30-18(20)21)17-26-25-16(31-17)6-7-28-12(10-2-3-10)9-15(27-28)19(22,23)24/h4-5,8-10,18H,2-3,6-7H2,1H3. The summed E-state index contributed by atoms with van der Waals surface area (Å²) in [4.78, 5) is 0. The number of methoxy groups -OCH3 is 1. The lowest BCUT2D eigenvalue weighted by Crippen LogP contribution is -2.10. The molecular weight excluding hydrogens is 427 g/mol. The third kappa shape index (κ3) is 4.78. The molecule has 0 N–H and O–H groups in total. The van der Waals surface area contributed by atoms with E-state index >= 15 is 0 Å². The zero-order valence-corrected chi connectivity index (χ0v) is 16.2. The molecule has 0 aliphatic heterocycles. The summed E-state index contributed by atoms with van der Waals surface area (Å²) < 4.78 is 80.2. The second-order valence-electron chi connectivity index (χ2n) is 6.94. The zero-order chi connectivity index (χ0) is 22.2. The van der Waals surface area contributed by atoms with Crippen molar-refractivity contribution in [1.29, 1.82) is 0 Å². The van der Waals surface area contributed by atoms with Gasteiger partial charge >= 0.3 is 12.8 Å². The first kappa shape index (κ1) is 21.1. The number of ether oxygens (including phenoxy) is 2. The highest BCUT2D eigenvalue weighted by atomic mass is 19.4. The molecule has 0 unspecified atom stereocenters. The number of aromatic nitrogens is 4. The Morgan fingerprint density at radius 2 is 1.94 bits per heavy atom. The van der Waals surface area contributed by atoms with Gasteiger partial charge in [0.15, 0.2) is 17.2 Å². The molecule has 0 spiro atoms. The maximum atomic E-state index is 13.0. The summed E-state index contributed by atoms with van der Waals surface area (Å²) in [7, 11) is 1.30. The lowest BCUT2D eigenvalue weighted by Gasteiger charge is -2.10. The van der Waals surface area contributed by atoms with Crippen LogP contribution in [-0.4, -0.2) is 33.7 Å². The van der Waals surface area contributed by atoms with Crippen LogP contribution in [0.15, 0.2) is 28.7 Å². The molecule has 7 nitrogen and oxygen atoms in total. The van der Waals surface area contributed by atoms with Crippen LogP contribution < -0.4 is 9.47 Å². The average Bonchev–Trinajstić information content (AvgIpc) is 3.27. The van der Waals surface area contributed by atoms with Crippen LogP contribution in [0, 0.1) is 0 Å². The molecule has 31 heavy (non-hydrogen) atoms. The molecule has 1 aliphatic rings. The van der Waals surface area contributed by atoms with E-state index in [-0.39, 0.29) is 42.2 Å². The van der Waals surface area contributed by atoms with Crippen LogP contribution in [0.4, 0.5) is 22.0 Å². The van der Waals surface area contributed by atoms with Gasteiger partial charge in [0.1, 0.15) is 0 Å². The van der Waals surface area contributed by atoms with Gasteiger partial charge in [-0.25, -0.2) is 0 Å². The number of alkyl halides is 5. The van der Waals surface area contributed by atoms with Gasteiger partial charge < -0.3 is 13.9 Å². The molecule has 3 aromatic rings. The molecule has 1 aliphatic carbocycles. The first-order valence-corrected chi connectivity index (χ1v) is 9.35. The fraction of sp³-hybridized carbons (Fsp3) is 0.421. The summed E-state index contributed by atoms with van der Waals surface area (Å²) in [5.74, 6) is 0.308.